The Labute approximate surface area is 136 Å². The van der Waals surface area contributed by atoms with E-state index >= 15 is 0 Å². The first-order valence-electron chi connectivity index (χ1n) is 7.01. The summed E-state index contributed by atoms with van der Waals surface area (Å²) < 4.78 is 0. The van der Waals surface area contributed by atoms with Crippen molar-refractivity contribution in [3.8, 4) is 0 Å². The highest BCUT2D eigenvalue weighted by atomic mass is 16.4. The Bertz CT molecular complexity index is 876. The second-order valence-corrected chi connectivity index (χ2v) is 4.80. The molecule has 0 bridgehead atoms. The van der Waals surface area contributed by atoms with Gasteiger partial charge in [0.25, 0.3) is 5.91 Å². The number of rotatable bonds is 5. The third-order valence-corrected chi connectivity index (χ3v) is 3.14. The van der Waals surface area contributed by atoms with Crippen LogP contribution in [0.1, 0.15) is 21.0 Å². The van der Waals surface area contributed by atoms with Crippen LogP contribution in [0.25, 0.3) is 0 Å². The summed E-state index contributed by atoms with van der Waals surface area (Å²) in [6.07, 6.45) is 0. The molecule has 0 radical (unpaired) electrons. The maximum Gasteiger partial charge on any atom is 0.373 e. The minimum atomic E-state index is -1.26. The lowest BCUT2D eigenvalue weighted by Crippen LogP contribution is -2.15. The van der Waals surface area contributed by atoms with Gasteiger partial charge in [-0.1, -0.05) is 30.3 Å². The largest absolute Gasteiger partial charge is 0.475 e. The number of hydrogen-bond acceptors (Lipinski definition) is 5. The van der Waals surface area contributed by atoms with Crippen molar-refractivity contribution in [1.82, 2.24) is 15.2 Å². The van der Waals surface area contributed by atoms with Crippen LogP contribution in [0.5, 0.6) is 0 Å². The van der Waals surface area contributed by atoms with Gasteiger partial charge in [0.1, 0.15) is 0 Å². The number of hydrogen-bond donors (Lipinski definition) is 4. The Morgan fingerprint density at radius 3 is 2.42 bits per heavy atom. The third-order valence-electron chi connectivity index (χ3n) is 3.14. The normalized spacial score (nSPS) is 10.2. The molecular formula is C16H13N5O3. The number of aromatic carboxylic acids is 1. The van der Waals surface area contributed by atoms with E-state index in [-0.39, 0.29) is 11.8 Å². The number of para-hydroxylation sites is 2. The van der Waals surface area contributed by atoms with Gasteiger partial charge in [-0.05, 0) is 24.3 Å². The molecule has 0 fully saturated rings. The molecule has 0 atom stereocenters. The molecule has 1 aromatic heterocycles. The van der Waals surface area contributed by atoms with E-state index in [1.807, 2.05) is 30.3 Å². The second kappa shape index (κ2) is 6.61. The van der Waals surface area contributed by atoms with Crippen LogP contribution in [-0.4, -0.2) is 32.2 Å². The maximum atomic E-state index is 12.4. The van der Waals surface area contributed by atoms with E-state index in [0.717, 1.165) is 5.69 Å². The highest BCUT2D eigenvalue weighted by Gasteiger charge is 2.15. The van der Waals surface area contributed by atoms with E-state index in [1.165, 1.54) is 0 Å². The second-order valence-electron chi connectivity index (χ2n) is 4.80. The molecule has 0 aliphatic carbocycles. The van der Waals surface area contributed by atoms with Crippen LogP contribution in [0.4, 0.5) is 17.3 Å². The summed E-state index contributed by atoms with van der Waals surface area (Å²) >= 11 is 0. The summed E-state index contributed by atoms with van der Waals surface area (Å²) in [4.78, 5) is 26.9. The van der Waals surface area contributed by atoms with Crippen LogP contribution >= 0.6 is 0 Å². The molecule has 3 aromatic rings. The summed E-state index contributed by atoms with van der Waals surface area (Å²) in [6.45, 7) is 0. The monoisotopic (exact) mass is 323 g/mol. The van der Waals surface area contributed by atoms with E-state index in [4.69, 9.17) is 5.11 Å². The Morgan fingerprint density at radius 1 is 1.00 bits per heavy atom. The number of aromatic amines is 1. The Hall–Kier alpha value is -3.68. The van der Waals surface area contributed by atoms with Crippen LogP contribution in [0.3, 0.4) is 0 Å². The zero-order chi connectivity index (χ0) is 16.9. The van der Waals surface area contributed by atoms with Crippen LogP contribution in [0.15, 0.2) is 54.6 Å². The Morgan fingerprint density at radius 2 is 1.71 bits per heavy atom. The van der Waals surface area contributed by atoms with Gasteiger partial charge in [0.05, 0.1) is 11.3 Å². The molecule has 0 aliphatic rings. The molecule has 2 aromatic carbocycles. The Balaban J connectivity index is 1.80. The van der Waals surface area contributed by atoms with Gasteiger partial charge in [-0.2, -0.15) is 4.98 Å². The smallest absolute Gasteiger partial charge is 0.373 e. The molecule has 3 rings (SSSR count). The van der Waals surface area contributed by atoms with E-state index in [2.05, 4.69) is 25.8 Å². The SMILES string of the molecule is O=C(O)c1nc(NC(=O)c2ccccc2Nc2ccccc2)n[nH]1. The lowest BCUT2D eigenvalue weighted by molar-refractivity contribution is 0.0683. The number of amides is 1. The van der Waals surface area contributed by atoms with Crippen LogP contribution in [-0.2, 0) is 0 Å². The van der Waals surface area contributed by atoms with Crippen molar-refractivity contribution in [2.45, 2.75) is 0 Å². The van der Waals surface area contributed by atoms with E-state index < -0.39 is 11.9 Å². The molecule has 0 saturated carbocycles. The number of anilines is 3. The standard InChI is InChI=1S/C16H13N5O3/c22-14(19-16-18-13(15(23)24)20-21-16)11-8-4-5-9-12(11)17-10-6-2-1-3-7-10/h1-9,17H,(H,23,24)(H2,18,19,20,21,22). The molecule has 1 amide bonds. The quantitative estimate of drug-likeness (QED) is 0.572. The van der Waals surface area contributed by atoms with Gasteiger partial charge in [0.15, 0.2) is 0 Å². The summed E-state index contributed by atoms with van der Waals surface area (Å²) in [6, 6.07) is 16.4. The Kier molecular flexibility index (Phi) is 4.19. The fourth-order valence-electron chi connectivity index (χ4n) is 2.05. The van der Waals surface area contributed by atoms with Gasteiger partial charge < -0.3 is 10.4 Å². The zero-order valence-electron chi connectivity index (χ0n) is 12.4. The van der Waals surface area contributed by atoms with Crippen molar-refractivity contribution in [1.29, 1.82) is 0 Å². The van der Waals surface area contributed by atoms with Crippen LogP contribution in [0, 0.1) is 0 Å². The molecule has 8 heteroatoms. The van der Waals surface area contributed by atoms with Crippen molar-refractivity contribution >= 4 is 29.2 Å². The first-order chi connectivity index (χ1) is 11.6. The van der Waals surface area contributed by atoms with Crippen molar-refractivity contribution in [2.75, 3.05) is 10.6 Å². The predicted octanol–water partition coefficient (Wildman–Crippen LogP) is 2.50. The number of carboxylic acid groups (broad SMARTS) is 1. The predicted molar refractivity (Wildman–Crippen MR) is 87.5 cm³/mol. The third kappa shape index (κ3) is 3.38. The van der Waals surface area contributed by atoms with Crippen molar-refractivity contribution in [3.05, 3.63) is 66.0 Å². The highest BCUT2D eigenvalue weighted by Crippen LogP contribution is 2.21. The van der Waals surface area contributed by atoms with Crippen molar-refractivity contribution in [2.24, 2.45) is 0 Å². The van der Waals surface area contributed by atoms with Crippen LogP contribution < -0.4 is 10.6 Å². The minimum Gasteiger partial charge on any atom is -0.475 e. The molecule has 4 N–H and O–H groups in total. The number of aromatic nitrogens is 3. The fraction of sp³-hybridized carbons (Fsp3) is 0. The summed E-state index contributed by atoms with van der Waals surface area (Å²) in [5.41, 5.74) is 1.82. The molecule has 0 spiro atoms. The summed E-state index contributed by atoms with van der Waals surface area (Å²) in [7, 11) is 0. The lowest BCUT2D eigenvalue weighted by Gasteiger charge is -2.11. The lowest BCUT2D eigenvalue weighted by atomic mass is 10.1. The van der Waals surface area contributed by atoms with Gasteiger partial charge in [0, 0.05) is 5.69 Å². The number of carboxylic acids is 1. The van der Waals surface area contributed by atoms with Crippen molar-refractivity contribution < 1.29 is 14.7 Å². The first-order valence-corrected chi connectivity index (χ1v) is 7.01. The number of nitrogens with one attached hydrogen (secondary N) is 3. The number of carbonyl (C=O) groups is 2. The fourth-order valence-corrected chi connectivity index (χ4v) is 2.05. The van der Waals surface area contributed by atoms with Crippen LogP contribution in [0.2, 0.25) is 0 Å². The van der Waals surface area contributed by atoms with E-state index in [1.54, 1.807) is 24.3 Å². The van der Waals surface area contributed by atoms with Gasteiger partial charge in [-0.15, -0.1) is 5.10 Å². The average molecular weight is 323 g/mol. The summed E-state index contributed by atoms with van der Waals surface area (Å²) in [5.74, 6) is -2.16. The number of benzene rings is 2. The molecular weight excluding hydrogens is 310 g/mol. The highest BCUT2D eigenvalue weighted by molar-refractivity contribution is 6.07. The average Bonchev–Trinajstić information content (AvgIpc) is 3.05. The van der Waals surface area contributed by atoms with Gasteiger partial charge in [0.2, 0.25) is 11.8 Å². The first kappa shape index (κ1) is 15.2. The number of carbonyl (C=O) groups excluding carboxylic acids is 1. The number of H-pyrrole nitrogens is 1. The van der Waals surface area contributed by atoms with E-state index in [0.29, 0.717) is 11.3 Å². The van der Waals surface area contributed by atoms with Gasteiger partial charge in [-0.3, -0.25) is 15.2 Å². The van der Waals surface area contributed by atoms with Gasteiger partial charge in [-0.25, -0.2) is 4.79 Å². The minimum absolute atomic E-state index is 0.105. The van der Waals surface area contributed by atoms with E-state index in [9.17, 15) is 9.59 Å². The number of nitrogens with zero attached hydrogens (tertiary/aromatic N) is 2. The molecule has 120 valence electrons. The van der Waals surface area contributed by atoms with Gasteiger partial charge >= 0.3 is 5.97 Å². The molecule has 0 aliphatic heterocycles. The molecule has 0 saturated heterocycles. The zero-order valence-corrected chi connectivity index (χ0v) is 12.4. The topological polar surface area (TPSA) is 120 Å². The molecule has 1 heterocycles. The molecule has 8 nitrogen and oxygen atoms in total. The van der Waals surface area contributed by atoms with Crippen molar-refractivity contribution in [3.63, 3.8) is 0 Å². The maximum absolute atomic E-state index is 12.4. The summed E-state index contributed by atoms with van der Waals surface area (Å²) in [5, 5.41) is 20.3. The molecule has 0 unspecified atom stereocenters. The molecule has 24 heavy (non-hydrogen) atoms.